The zero-order valence-electron chi connectivity index (χ0n) is 13.5. The first-order chi connectivity index (χ1) is 11.7. The molecule has 0 saturated carbocycles. The van der Waals surface area contributed by atoms with Crippen LogP contribution in [0.4, 0.5) is 5.13 Å². The second kappa shape index (κ2) is 7.37. The van der Waals surface area contributed by atoms with Gasteiger partial charge in [0.2, 0.25) is 0 Å². The van der Waals surface area contributed by atoms with Crippen molar-refractivity contribution in [1.29, 1.82) is 0 Å². The van der Waals surface area contributed by atoms with E-state index < -0.39 is 0 Å². The Labute approximate surface area is 143 Å². The van der Waals surface area contributed by atoms with Crippen molar-refractivity contribution in [3.63, 3.8) is 0 Å². The lowest BCUT2D eigenvalue weighted by Crippen LogP contribution is -2.19. The molecule has 2 aromatic heterocycles. The molecular formula is C17H18N4O2S. The van der Waals surface area contributed by atoms with E-state index in [1.54, 1.807) is 37.8 Å². The van der Waals surface area contributed by atoms with Crippen LogP contribution in [0.2, 0.25) is 0 Å². The largest absolute Gasteiger partial charge is 0.383 e. The Morgan fingerprint density at radius 3 is 2.88 bits per heavy atom. The highest BCUT2D eigenvalue weighted by molar-refractivity contribution is 7.22. The van der Waals surface area contributed by atoms with Gasteiger partial charge in [-0.1, -0.05) is 17.4 Å². The monoisotopic (exact) mass is 342 g/mol. The molecule has 24 heavy (non-hydrogen) atoms. The number of nitrogens with zero attached hydrogens (tertiary/aromatic N) is 2. The number of fused-ring (bicyclic) bond motifs is 1. The molecule has 1 aromatic carbocycles. The average molecular weight is 342 g/mol. The number of anilines is 1. The number of hydrogen-bond donors (Lipinski definition) is 2. The fourth-order valence-electron chi connectivity index (χ4n) is 2.30. The van der Waals surface area contributed by atoms with E-state index in [2.05, 4.69) is 26.7 Å². The zero-order chi connectivity index (χ0) is 16.9. The molecule has 2 N–H and O–H groups in total. The number of amides is 1. The number of ether oxygens (including phenoxy) is 1. The summed E-state index contributed by atoms with van der Waals surface area (Å²) in [6.45, 7) is 1.36. The third-order valence-corrected chi connectivity index (χ3v) is 4.50. The fourth-order valence-corrected chi connectivity index (χ4v) is 3.23. The Balaban J connectivity index is 1.89. The Morgan fingerprint density at radius 1 is 1.25 bits per heavy atom. The maximum atomic E-state index is 11.7. The maximum Gasteiger partial charge on any atom is 0.269 e. The summed E-state index contributed by atoms with van der Waals surface area (Å²) < 4.78 is 6.12. The maximum absolute atomic E-state index is 11.7. The number of benzene rings is 1. The number of methoxy groups -OCH3 is 1. The second-order valence-corrected chi connectivity index (χ2v) is 6.16. The number of carbonyl (C=O) groups is 1. The summed E-state index contributed by atoms with van der Waals surface area (Å²) in [5.74, 6) is -0.194. The molecule has 0 bridgehead atoms. The van der Waals surface area contributed by atoms with Crippen LogP contribution in [0.5, 0.6) is 0 Å². The first kappa shape index (κ1) is 16.4. The first-order valence-electron chi connectivity index (χ1n) is 7.53. The van der Waals surface area contributed by atoms with E-state index in [0.717, 1.165) is 33.0 Å². The van der Waals surface area contributed by atoms with Crippen LogP contribution >= 0.6 is 11.3 Å². The van der Waals surface area contributed by atoms with Crippen molar-refractivity contribution in [1.82, 2.24) is 15.3 Å². The van der Waals surface area contributed by atoms with Gasteiger partial charge in [-0.05, 0) is 35.4 Å². The summed E-state index contributed by atoms with van der Waals surface area (Å²) in [4.78, 5) is 20.4. The molecule has 2 heterocycles. The van der Waals surface area contributed by atoms with Gasteiger partial charge >= 0.3 is 0 Å². The minimum absolute atomic E-state index is 0.194. The third kappa shape index (κ3) is 3.52. The SMILES string of the molecule is CNC(=O)c1cc(-c2ccc3nc(NCCOC)sc3c2)ccn1. The van der Waals surface area contributed by atoms with E-state index in [9.17, 15) is 4.79 Å². The minimum atomic E-state index is -0.194. The van der Waals surface area contributed by atoms with Crippen LogP contribution in [0.1, 0.15) is 10.5 Å². The van der Waals surface area contributed by atoms with Crippen LogP contribution in [0.3, 0.4) is 0 Å². The summed E-state index contributed by atoms with van der Waals surface area (Å²) >= 11 is 1.60. The molecule has 1 amide bonds. The average Bonchev–Trinajstić information content (AvgIpc) is 3.03. The van der Waals surface area contributed by atoms with Crippen molar-refractivity contribution >= 4 is 32.6 Å². The molecule has 0 fully saturated rings. The number of rotatable bonds is 6. The van der Waals surface area contributed by atoms with Crippen molar-refractivity contribution in [2.45, 2.75) is 0 Å². The van der Waals surface area contributed by atoms with Crippen LogP contribution in [0.15, 0.2) is 36.5 Å². The van der Waals surface area contributed by atoms with E-state index in [0.29, 0.717) is 12.3 Å². The van der Waals surface area contributed by atoms with Crippen molar-refractivity contribution in [2.75, 3.05) is 32.6 Å². The molecule has 3 rings (SSSR count). The Hall–Kier alpha value is -2.51. The third-order valence-electron chi connectivity index (χ3n) is 3.52. The number of nitrogens with one attached hydrogen (secondary N) is 2. The summed E-state index contributed by atoms with van der Waals surface area (Å²) in [6, 6.07) is 9.76. The van der Waals surface area contributed by atoms with Gasteiger partial charge in [0.1, 0.15) is 5.69 Å². The number of pyridine rings is 1. The van der Waals surface area contributed by atoms with Crippen molar-refractivity contribution in [2.24, 2.45) is 0 Å². The molecule has 124 valence electrons. The van der Waals surface area contributed by atoms with Gasteiger partial charge < -0.3 is 15.4 Å². The highest BCUT2D eigenvalue weighted by atomic mass is 32.1. The summed E-state index contributed by atoms with van der Waals surface area (Å²) in [5, 5.41) is 6.71. The summed E-state index contributed by atoms with van der Waals surface area (Å²) in [6.07, 6.45) is 1.65. The molecule has 0 atom stereocenters. The fraction of sp³-hybridized carbons (Fsp3) is 0.235. The Morgan fingerprint density at radius 2 is 2.08 bits per heavy atom. The molecule has 0 spiro atoms. The molecule has 0 unspecified atom stereocenters. The van der Waals surface area contributed by atoms with Gasteiger partial charge in [0.05, 0.1) is 16.8 Å². The Kier molecular flexibility index (Phi) is 5.02. The first-order valence-corrected chi connectivity index (χ1v) is 8.35. The number of carbonyl (C=O) groups excluding carboxylic acids is 1. The smallest absolute Gasteiger partial charge is 0.269 e. The normalized spacial score (nSPS) is 10.8. The van der Waals surface area contributed by atoms with Crippen LogP contribution in [0.25, 0.3) is 21.3 Å². The molecule has 0 aliphatic heterocycles. The molecule has 0 aliphatic rings. The number of aromatic nitrogens is 2. The highest BCUT2D eigenvalue weighted by Gasteiger charge is 2.09. The highest BCUT2D eigenvalue weighted by Crippen LogP contribution is 2.30. The van der Waals surface area contributed by atoms with Gasteiger partial charge in [0.25, 0.3) is 5.91 Å². The van der Waals surface area contributed by atoms with Crippen molar-refractivity contribution in [3.8, 4) is 11.1 Å². The lowest BCUT2D eigenvalue weighted by atomic mass is 10.1. The van der Waals surface area contributed by atoms with Gasteiger partial charge in [-0.3, -0.25) is 9.78 Å². The molecule has 3 aromatic rings. The standard InChI is InChI=1S/C17H18N4O2S/c1-18-16(22)14-9-12(5-6-19-14)11-3-4-13-15(10-11)24-17(21-13)20-7-8-23-2/h3-6,9-10H,7-8H2,1-2H3,(H,18,22)(H,20,21). The van der Waals surface area contributed by atoms with Gasteiger partial charge in [0.15, 0.2) is 5.13 Å². The number of thiazole rings is 1. The van der Waals surface area contributed by atoms with E-state index in [1.165, 1.54) is 0 Å². The lowest BCUT2D eigenvalue weighted by Gasteiger charge is -2.04. The zero-order valence-corrected chi connectivity index (χ0v) is 14.3. The molecule has 0 saturated heterocycles. The van der Waals surface area contributed by atoms with E-state index in [1.807, 2.05) is 18.2 Å². The van der Waals surface area contributed by atoms with Crippen LogP contribution < -0.4 is 10.6 Å². The van der Waals surface area contributed by atoms with Crippen LogP contribution in [0, 0.1) is 0 Å². The summed E-state index contributed by atoms with van der Waals surface area (Å²) in [5.41, 5.74) is 3.33. The molecule has 0 radical (unpaired) electrons. The van der Waals surface area contributed by atoms with Gasteiger partial charge in [-0.25, -0.2) is 4.98 Å². The molecule has 6 nitrogen and oxygen atoms in total. The quantitative estimate of drug-likeness (QED) is 0.674. The molecule has 0 aliphatic carbocycles. The van der Waals surface area contributed by atoms with Gasteiger partial charge in [-0.2, -0.15) is 0 Å². The topological polar surface area (TPSA) is 76.1 Å². The van der Waals surface area contributed by atoms with Crippen molar-refractivity contribution < 1.29 is 9.53 Å². The lowest BCUT2D eigenvalue weighted by molar-refractivity contribution is 0.0958. The predicted molar refractivity (Wildman–Crippen MR) is 96.6 cm³/mol. The Bertz CT molecular complexity index is 863. The van der Waals surface area contributed by atoms with Crippen LogP contribution in [-0.4, -0.2) is 43.2 Å². The summed E-state index contributed by atoms with van der Waals surface area (Å²) in [7, 11) is 3.27. The molecule has 7 heteroatoms. The van der Waals surface area contributed by atoms with E-state index >= 15 is 0 Å². The van der Waals surface area contributed by atoms with Crippen LogP contribution in [-0.2, 0) is 4.74 Å². The van der Waals surface area contributed by atoms with Gasteiger partial charge in [-0.15, -0.1) is 0 Å². The minimum Gasteiger partial charge on any atom is -0.383 e. The second-order valence-electron chi connectivity index (χ2n) is 5.13. The van der Waals surface area contributed by atoms with E-state index in [-0.39, 0.29) is 5.91 Å². The van der Waals surface area contributed by atoms with E-state index in [4.69, 9.17) is 4.74 Å². The number of hydrogen-bond acceptors (Lipinski definition) is 6. The predicted octanol–water partition coefficient (Wildman–Crippen LogP) is 2.78. The van der Waals surface area contributed by atoms with Gasteiger partial charge in [0, 0.05) is 26.9 Å². The molecular weight excluding hydrogens is 324 g/mol. The van der Waals surface area contributed by atoms with Crippen molar-refractivity contribution in [3.05, 3.63) is 42.2 Å².